The van der Waals surface area contributed by atoms with E-state index in [1.165, 1.54) is 4.90 Å². The first-order valence-electron chi connectivity index (χ1n) is 10.3. The molecule has 2 heterocycles. The third-order valence-electron chi connectivity index (χ3n) is 6.31. The van der Waals surface area contributed by atoms with E-state index in [9.17, 15) is 14.4 Å². The summed E-state index contributed by atoms with van der Waals surface area (Å²) in [7, 11) is 1.75. The molecule has 1 atom stereocenters. The Labute approximate surface area is 170 Å². The zero-order valence-corrected chi connectivity index (χ0v) is 16.9. The average molecular weight is 397 g/mol. The predicted molar refractivity (Wildman–Crippen MR) is 108 cm³/mol. The molecule has 4 rings (SSSR count). The molecule has 2 aliphatic rings. The van der Waals surface area contributed by atoms with Gasteiger partial charge < -0.3 is 14.6 Å². The van der Waals surface area contributed by atoms with Gasteiger partial charge in [0.1, 0.15) is 16.9 Å². The van der Waals surface area contributed by atoms with Crippen LogP contribution >= 0.6 is 0 Å². The standard InChI is InChI=1S/C22H27N3O4/c1-15(18-14-16-8-3-4-9-17(16)29-18)24(2)19(26)10-7-13-25-20(27)22(23-21(25)28)11-5-6-12-22/h3-4,8-9,14-15H,5-7,10-13H2,1-2H3,(H,23,28). The number of amides is 4. The van der Waals surface area contributed by atoms with Gasteiger partial charge in [-0.25, -0.2) is 4.79 Å². The lowest BCUT2D eigenvalue weighted by molar-refractivity contribution is -0.134. The Morgan fingerprint density at radius 3 is 2.72 bits per heavy atom. The minimum Gasteiger partial charge on any atom is -0.459 e. The molecule has 2 fully saturated rings. The molecule has 1 spiro atoms. The second-order valence-electron chi connectivity index (χ2n) is 8.15. The molecular formula is C22H27N3O4. The molecule has 29 heavy (non-hydrogen) atoms. The maximum atomic E-state index is 12.7. The van der Waals surface area contributed by atoms with Crippen LogP contribution in [0.15, 0.2) is 34.7 Å². The number of carbonyl (C=O) groups is 3. The molecule has 1 aromatic carbocycles. The number of urea groups is 1. The average Bonchev–Trinajstić information content (AvgIpc) is 3.41. The first-order chi connectivity index (χ1) is 13.9. The van der Waals surface area contributed by atoms with Crippen molar-refractivity contribution in [2.45, 2.75) is 57.0 Å². The van der Waals surface area contributed by atoms with Crippen molar-refractivity contribution in [3.63, 3.8) is 0 Å². The van der Waals surface area contributed by atoms with Crippen LogP contribution < -0.4 is 5.32 Å². The number of rotatable bonds is 6. The van der Waals surface area contributed by atoms with Crippen LogP contribution in [0, 0.1) is 0 Å². The number of hydrogen-bond acceptors (Lipinski definition) is 4. The van der Waals surface area contributed by atoms with Gasteiger partial charge in [0.15, 0.2) is 0 Å². The van der Waals surface area contributed by atoms with E-state index < -0.39 is 5.54 Å². The van der Waals surface area contributed by atoms with E-state index in [2.05, 4.69) is 5.32 Å². The van der Waals surface area contributed by atoms with Gasteiger partial charge in [0.25, 0.3) is 5.91 Å². The number of nitrogens with one attached hydrogen (secondary N) is 1. The van der Waals surface area contributed by atoms with Crippen LogP contribution in [0.3, 0.4) is 0 Å². The minimum atomic E-state index is -0.687. The first-order valence-corrected chi connectivity index (χ1v) is 10.3. The molecule has 1 aliphatic carbocycles. The fourth-order valence-electron chi connectivity index (χ4n) is 4.38. The molecule has 1 unspecified atom stereocenters. The zero-order valence-electron chi connectivity index (χ0n) is 16.9. The number of benzene rings is 1. The van der Waals surface area contributed by atoms with Crippen LogP contribution in [0.2, 0.25) is 0 Å². The Balaban J connectivity index is 1.32. The number of nitrogens with zero attached hydrogens (tertiary/aromatic N) is 2. The molecule has 4 amide bonds. The lowest BCUT2D eigenvalue weighted by atomic mass is 9.98. The van der Waals surface area contributed by atoms with Crippen molar-refractivity contribution in [2.24, 2.45) is 0 Å². The number of imide groups is 1. The molecule has 7 heteroatoms. The van der Waals surface area contributed by atoms with Gasteiger partial charge in [-0.15, -0.1) is 0 Å². The van der Waals surface area contributed by atoms with E-state index in [1.54, 1.807) is 11.9 Å². The van der Waals surface area contributed by atoms with Gasteiger partial charge in [-0.05, 0) is 38.3 Å². The quantitative estimate of drug-likeness (QED) is 0.755. The fourth-order valence-corrected chi connectivity index (χ4v) is 4.38. The number of para-hydroxylation sites is 1. The smallest absolute Gasteiger partial charge is 0.325 e. The molecule has 1 aliphatic heterocycles. The van der Waals surface area contributed by atoms with Crippen LogP contribution in [0.4, 0.5) is 4.79 Å². The van der Waals surface area contributed by atoms with Crippen molar-refractivity contribution in [3.05, 3.63) is 36.1 Å². The Morgan fingerprint density at radius 2 is 2.00 bits per heavy atom. The number of fused-ring (bicyclic) bond motifs is 1. The maximum absolute atomic E-state index is 12.7. The summed E-state index contributed by atoms with van der Waals surface area (Å²) in [6.07, 6.45) is 4.07. The SMILES string of the molecule is CC(c1cc2ccccc2o1)N(C)C(=O)CCCN1C(=O)NC2(CCCC2)C1=O. The normalized spacial score (nSPS) is 19.2. The van der Waals surface area contributed by atoms with E-state index in [4.69, 9.17) is 4.42 Å². The maximum Gasteiger partial charge on any atom is 0.325 e. The lowest BCUT2D eigenvalue weighted by Gasteiger charge is -2.24. The Kier molecular flexibility index (Phi) is 5.06. The summed E-state index contributed by atoms with van der Waals surface area (Å²) < 4.78 is 5.87. The van der Waals surface area contributed by atoms with E-state index >= 15 is 0 Å². The molecule has 1 saturated carbocycles. The van der Waals surface area contributed by atoms with Gasteiger partial charge in [-0.3, -0.25) is 14.5 Å². The van der Waals surface area contributed by atoms with Crippen LogP contribution in [-0.4, -0.2) is 46.8 Å². The molecular weight excluding hydrogens is 370 g/mol. The van der Waals surface area contributed by atoms with Crippen molar-refractivity contribution in [2.75, 3.05) is 13.6 Å². The van der Waals surface area contributed by atoms with Gasteiger partial charge in [0, 0.05) is 25.4 Å². The second-order valence-corrected chi connectivity index (χ2v) is 8.15. The summed E-state index contributed by atoms with van der Waals surface area (Å²) in [5.41, 5.74) is 0.114. The topological polar surface area (TPSA) is 82.9 Å². The molecule has 154 valence electrons. The van der Waals surface area contributed by atoms with Crippen LogP contribution in [0.1, 0.15) is 57.3 Å². The van der Waals surface area contributed by atoms with Gasteiger partial charge in [-0.2, -0.15) is 0 Å². The van der Waals surface area contributed by atoms with Crippen LogP contribution in [-0.2, 0) is 9.59 Å². The van der Waals surface area contributed by atoms with Crippen LogP contribution in [0.25, 0.3) is 11.0 Å². The van der Waals surface area contributed by atoms with Gasteiger partial charge in [-0.1, -0.05) is 31.0 Å². The zero-order chi connectivity index (χ0) is 20.6. The van der Waals surface area contributed by atoms with Gasteiger partial charge >= 0.3 is 6.03 Å². The van der Waals surface area contributed by atoms with Crippen molar-refractivity contribution in [1.29, 1.82) is 0 Å². The van der Waals surface area contributed by atoms with Crippen molar-refractivity contribution >= 4 is 28.8 Å². The molecule has 0 radical (unpaired) electrons. The van der Waals surface area contributed by atoms with Gasteiger partial charge in [0.2, 0.25) is 5.91 Å². The predicted octanol–water partition coefficient (Wildman–Crippen LogP) is 3.60. The summed E-state index contributed by atoms with van der Waals surface area (Å²) in [6, 6.07) is 9.18. The Morgan fingerprint density at radius 1 is 1.28 bits per heavy atom. The number of furan rings is 1. The van der Waals surface area contributed by atoms with Crippen molar-refractivity contribution < 1.29 is 18.8 Å². The van der Waals surface area contributed by atoms with Crippen LogP contribution in [0.5, 0.6) is 0 Å². The van der Waals surface area contributed by atoms with Gasteiger partial charge in [0.05, 0.1) is 6.04 Å². The van der Waals surface area contributed by atoms with E-state index in [1.807, 2.05) is 37.3 Å². The highest BCUT2D eigenvalue weighted by molar-refractivity contribution is 6.07. The highest BCUT2D eigenvalue weighted by Crippen LogP contribution is 2.35. The Hall–Kier alpha value is -2.83. The number of carbonyl (C=O) groups excluding carboxylic acids is 3. The molecule has 1 N–H and O–H groups in total. The van der Waals surface area contributed by atoms with E-state index in [0.717, 1.165) is 29.6 Å². The largest absolute Gasteiger partial charge is 0.459 e. The Bertz CT molecular complexity index is 911. The molecule has 2 aromatic rings. The molecule has 7 nitrogen and oxygen atoms in total. The van der Waals surface area contributed by atoms with E-state index in [0.29, 0.717) is 19.3 Å². The van der Waals surface area contributed by atoms with Crippen molar-refractivity contribution in [3.8, 4) is 0 Å². The third kappa shape index (κ3) is 3.50. The molecule has 1 aromatic heterocycles. The number of hydrogen-bond donors (Lipinski definition) is 1. The third-order valence-corrected chi connectivity index (χ3v) is 6.31. The molecule has 1 saturated heterocycles. The van der Waals surface area contributed by atoms with E-state index in [-0.39, 0.29) is 36.9 Å². The minimum absolute atomic E-state index is 0.0411. The lowest BCUT2D eigenvalue weighted by Crippen LogP contribution is -2.44. The molecule has 0 bridgehead atoms. The summed E-state index contributed by atoms with van der Waals surface area (Å²) in [5.74, 6) is 0.566. The summed E-state index contributed by atoms with van der Waals surface area (Å²) in [6.45, 7) is 2.20. The highest BCUT2D eigenvalue weighted by atomic mass is 16.3. The second kappa shape index (κ2) is 7.54. The highest BCUT2D eigenvalue weighted by Gasteiger charge is 2.52. The summed E-state index contributed by atoms with van der Waals surface area (Å²) in [5, 5.41) is 3.88. The monoisotopic (exact) mass is 397 g/mol. The fraction of sp³-hybridized carbons (Fsp3) is 0.500. The first kappa shape index (κ1) is 19.5. The summed E-state index contributed by atoms with van der Waals surface area (Å²) >= 11 is 0. The van der Waals surface area contributed by atoms with Crippen molar-refractivity contribution in [1.82, 2.24) is 15.1 Å². The summed E-state index contributed by atoms with van der Waals surface area (Å²) in [4.78, 5) is 40.5.